The predicted molar refractivity (Wildman–Crippen MR) is 71.9 cm³/mol. The van der Waals surface area contributed by atoms with E-state index in [2.05, 4.69) is 5.32 Å². The highest BCUT2D eigenvalue weighted by Gasteiger charge is 2.43. The summed E-state index contributed by atoms with van der Waals surface area (Å²) in [5.74, 6) is 0.149. The molecule has 2 nitrogen and oxygen atoms in total. The van der Waals surface area contributed by atoms with Crippen LogP contribution in [-0.4, -0.2) is 11.8 Å². The maximum absolute atomic E-state index is 12.2. The lowest BCUT2D eigenvalue weighted by atomic mass is 10.0. The van der Waals surface area contributed by atoms with Crippen molar-refractivity contribution in [3.63, 3.8) is 0 Å². The van der Waals surface area contributed by atoms with Crippen LogP contribution in [0.2, 0.25) is 5.02 Å². The third-order valence-electron chi connectivity index (χ3n) is 3.15. The van der Waals surface area contributed by atoms with Gasteiger partial charge >= 0.3 is 0 Å². The lowest BCUT2D eigenvalue weighted by molar-refractivity contribution is 0.0988. The largest absolute Gasteiger partial charge is 0.297 e. The van der Waals surface area contributed by atoms with Crippen molar-refractivity contribution in [1.29, 1.82) is 0 Å². The maximum atomic E-state index is 12.2. The first-order valence-corrected chi connectivity index (χ1v) is 6.24. The van der Waals surface area contributed by atoms with Gasteiger partial charge in [0.05, 0.1) is 12.1 Å². The molecule has 3 heteroatoms. The van der Waals surface area contributed by atoms with E-state index in [0.717, 1.165) is 11.1 Å². The highest BCUT2D eigenvalue weighted by Crippen LogP contribution is 2.32. The quantitative estimate of drug-likeness (QED) is 0.677. The zero-order valence-corrected chi connectivity index (χ0v) is 10.4. The van der Waals surface area contributed by atoms with Gasteiger partial charge in [-0.1, -0.05) is 54.1 Å². The Kier molecular flexibility index (Phi) is 2.90. The Morgan fingerprint density at radius 1 is 1.00 bits per heavy atom. The molecule has 0 saturated carbocycles. The van der Waals surface area contributed by atoms with Gasteiger partial charge in [-0.3, -0.25) is 10.1 Å². The van der Waals surface area contributed by atoms with Gasteiger partial charge in [-0.15, -0.1) is 0 Å². The smallest absolute Gasteiger partial charge is 0.181 e. The zero-order chi connectivity index (χ0) is 12.5. The van der Waals surface area contributed by atoms with Gasteiger partial charge in [-0.25, -0.2) is 0 Å². The van der Waals surface area contributed by atoms with Crippen LogP contribution in [0.5, 0.6) is 0 Å². The molecule has 0 spiro atoms. The number of carbonyl (C=O) groups is 1. The number of halogens is 1. The summed E-state index contributed by atoms with van der Waals surface area (Å²) in [5.41, 5.74) is 1.86. The van der Waals surface area contributed by atoms with Crippen LogP contribution in [0.15, 0.2) is 54.6 Å². The minimum atomic E-state index is -0.103. The SMILES string of the molecule is O=C(c1ccccc1)[C@H]1N[C@@H]1c1ccc(Cl)cc1. The van der Waals surface area contributed by atoms with Gasteiger partial charge in [0.25, 0.3) is 0 Å². The third kappa shape index (κ3) is 2.17. The van der Waals surface area contributed by atoms with Gasteiger partial charge in [-0.05, 0) is 17.7 Å². The van der Waals surface area contributed by atoms with Crippen LogP contribution in [0.3, 0.4) is 0 Å². The molecule has 1 N–H and O–H groups in total. The fraction of sp³-hybridized carbons (Fsp3) is 0.133. The summed E-state index contributed by atoms with van der Waals surface area (Å²) in [6.45, 7) is 0. The van der Waals surface area contributed by atoms with E-state index in [1.54, 1.807) is 0 Å². The Morgan fingerprint density at radius 3 is 2.33 bits per heavy atom. The van der Waals surface area contributed by atoms with Crippen LogP contribution in [-0.2, 0) is 0 Å². The number of hydrogen-bond donors (Lipinski definition) is 1. The van der Waals surface area contributed by atoms with Crippen LogP contribution < -0.4 is 5.32 Å². The number of benzene rings is 2. The summed E-state index contributed by atoms with van der Waals surface area (Å²) < 4.78 is 0. The van der Waals surface area contributed by atoms with Crippen LogP contribution in [0.25, 0.3) is 0 Å². The second-order valence-corrected chi connectivity index (χ2v) is 4.84. The summed E-state index contributed by atoms with van der Waals surface area (Å²) in [6.07, 6.45) is 0. The van der Waals surface area contributed by atoms with Gasteiger partial charge < -0.3 is 0 Å². The van der Waals surface area contributed by atoms with Crippen molar-refractivity contribution in [2.75, 3.05) is 0 Å². The Hall–Kier alpha value is -1.64. The summed E-state index contributed by atoms with van der Waals surface area (Å²) >= 11 is 5.84. The fourth-order valence-corrected chi connectivity index (χ4v) is 2.23. The van der Waals surface area contributed by atoms with Crippen molar-refractivity contribution in [3.05, 3.63) is 70.7 Å². The molecule has 1 saturated heterocycles. The molecule has 2 aromatic carbocycles. The van der Waals surface area contributed by atoms with Crippen molar-refractivity contribution in [1.82, 2.24) is 5.32 Å². The standard InChI is InChI=1S/C15H12ClNO/c16-12-8-6-10(7-9-12)13-14(17-13)15(18)11-4-2-1-3-5-11/h1-9,13-14,17H/t13-,14+/m1/s1. The Labute approximate surface area is 111 Å². The number of ketones is 1. The van der Waals surface area contributed by atoms with E-state index in [0.29, 0.717) is 5.02 Å². The van der Waals surface area contributed by atoms with Crippen LogP contribution in [0.4, 0.5) is 0 Å². The van der Waals surface area contributed by atoms with Crippen molar-refractivity contribution in [3.8, 4) is 0 Å². The fourth-order valence-electron chi connectivity index (χ4n) is 2.11. The Morgan fingerprint density at radius 2 is 1.67 bits per heavy atom. The van der Waals surface area contributed by atoms with Gasteiger partial charge in [0, 0.05) is 10.6 Å². The van der Waals surface area contributed by atoms with Crippen LogP contribution in [0, 0.1) is 0 Å². The van der Waals surface area contributed by atoms with Gasteiger partial charge in [0.1, 0.15) is 0 Å². The number of nitrogens with one attached hydrogen (secondary N) is 1. The molecule has 2 atom stereocenters. The van der Waals surface area contributed by atoms with E-state index >= 15 is 0 Å². The molecule has 2 aromatic rings. The van der Waals surface area contributed by atoms with Crippen LogP contribution in [0.1, 0.15) is 22.0 Å². The van der Waals surface area contributed by atoms with Gasteiger partial charge in [0.15, 0.2) is 5.78 Å². The molecular weight excluding hydrogens is 246 g/mol. The topological polar surface area (TPSA) is 39.0 Å². The number of rotatable bonds is 3. The van der Waals surface area contributed by atoms with E-state index in [1.165, 1.54) is 0 Å². The second kappa shape index (κ2) is 4.56. The first-order valence-electron chi connectivity index (χ1n) is 5.86. The molecule has 1 aliphatic heterocycles. The van der Waals surface area contributed by atoms with E-state index in [4.69, 9.17) is 11.6 Å². The summed E-state index contributed by atoms with van der Waals surface area (Å²) in [6, 6.07) is 17.0. The summed E-state index contributed by atoms with van der Waals surface area (Å²) in [4.78, 5) is 12.2. The number of Topliss-reactive ketones (excluding diaryl/α,β-unsaturated/α-hetero) is 1. The average molecular weight is 258 g/mol. The molecule has 0 radical (unpaired) electrons. The Bertz CT molecular complexity index is 565. The predicted octanol–water partition coefficient (Wildman–Crippen LogP) is 3.24. The van der Waals surface area contributed by atoms with E-state index in [9.17, 15) is 4.79 Å². The molecule has 0 aromatic heterocycles. The lowest BCUT2D eigenvalue weighted by Gasteiger charge is -1.99. The summed E-state index contributed by atoms with van der Waals surface area (Å²) in [5, 5.41) is 3.92. The van der Waals surface area contributed by atoms with E-state index in [1.807, 2.05) is 54.6 Å². The van der Waals surface area contributed by atoms with Crippen molar-refractivity contribution in [2.45, 2.75) is 12.1 Å². The average Bonchev–Trinajstić information content (AvgIpc) is 3.20. The normalized spacial score (nSPS) is 21.6. The van der Waals surface area contributed by atoms with Crippen molar-refractivity contribution < 1.29 is 4.79 Å². The monoisotopic (exact) mass is 257 g/mol. The molecule has 0 aliphatic carbocycles. The van der Waals surface area contributed by atoms with E-state index in [-0.39, 0.29) is 17.9 Å². The molecule has 3 rings (SSSR count). The first kappa shape index (κ1) is 11.5. The highest BCUT2D eigenvalue weighted by atomic mass is 35.5. The van der Waals surface area contributed by atoms with Gasteiger partial charge in [0.2, 0.25) is 0 Å². The maximum Gasteiger partial charge on any atom is 0.181 e. The molecule has 18 heavy (non-hydrogen) atoms. The molecule has 0 bridgehead atoms. The second-order valence-electron chi connectivity index (χ2n) is 4.40. The molecule has 0 amide bonds. The molecule has 1 heterocycles. The minimum Gasteiger partial charge on any atom is -0.297 e. The van der Waals surface area contributed by atoms with Crippen molar-refractivity contribution in [2.24, 2.45) is 0 Å². The number of hydrogen-bond acceptors (Lipinski definition) is 2. The van der Waals surface area contributed by atoms with Gasteiger partial charge in [-0.2, -0.15) is 0 Å². The molecule has 1 fully saturated rings. The van der Waals surface area contributed by atoms with Crippen molar-refractivity contribution >= 4 is 17.4 Å². The zero-order valence-electron chi connectivity index (χ0n) is 9.64. The molecule has 90 valence electrons. The summed E-state index contributed by atoms with van der Waals surface area (Å²) in [7, 11) is 0. The third-order valence-corrected chi connectivity index (χ3v) is 3.41. The number of carbonyl (C=O) groups excluding carboxylic acids is 1. The Balaban J connectivity index is 1.75. The van der Waals surface area contributed by atoms with Crippen LogP contribution >= 0.6 is 11.6 Å². The lowest BCUT2D eigenvalue weighted by Crippen LogP contribution is -2.09. The van der Waals surface area contributed by atoms with E-state index < -0.39 is 0 Å². The molecular formula is C15H12ClNO. The first-order chi connectivity index (χ1) is 8.75. The minimum absolute atomic E-state index is 0.103. The highest BCUT2D eigenvalue weighted by molar-refractivity contribution is 6.30. The molecule has 0 unspecified atom stereocenters. The molecule has 1 aliphatic rings.